The maximum atomic E-state index is 13.8. The number of hydrogen-bond acceptors (Lipinski definition) is 3. The van der Waals surface area contributed by atoms with Gasteiger partial charge in [-0.2, -0.15) is 0 Å². The minimum Gasteiger partial charge on any atom is -0.464 e. The number of nitrogens with zero attached hydrogens (tertiary/aromatic N) is 1. The summed E-state index contributed by atoms with van der Waals surface area (Å²) in [6.45, 7) is 4.39. The molecule has 1 aliphatic rings. The highest BCUT2D eigenvalue weighted by Crippen LogP contribution is 2.22. The van der Waals surface area contributed by atoms with E-state index in [2.05, 4.69) is 5.32 Å². The molecule has 2 aromatic rings. The predicted octanol–water partition coefficient (Wildman–Crippen LogP) is 3.60. The summed E-state index contributed by atoms with van der Waals surface area (Å²) in [4.78, 5) is 26.4. The lowest BCUT2D eigenvalue weighted by Crippen LogP contribution is -2.43. The number of likely N-dealkylation sites (tertiary alicyclic amines) is 1. The van der Waals surface area contributed by atoms with Gasteiger partial charge in [0.15, 0.2) is 0 Å². The van der Waals surface area contributed by atoms with Crippen LogP contribution in [0, 0.1) is 24.5 Å². The fourth-order valence-electron chi connectivity index (χ4n) is 3.27. The van der Waals surface area contributed by atoms with E-state index in [-0.39, 0.29) is 23.4 Å². The number of aryl methyl sites for hydroxylation is 1. The lowest BCUT2D eigenvalue weighted by Gasteiger charge is -2.32. The maximum absolute atomic E-state index is 13.8. The van der Waals surface area contributed by atoms with Crippen molar-refractivity contribution in [3.05, 3.63) is 59.1 Å². The van der Waals surface area contributed by atoms with E-state index in [1.54, 1.807) is 0 Å². The molecule has 2 amide bonds. The van der Waals surface area contributed by atoms with Crippen molar-refractivity contribution in [1.82, 2.24) is 10.2 Å². The SMILES string of the molecule is Cc1ccc(C(C)NC(=O)C2CCN(C(=O)c3ccc(F)cc3F)CC2)o1. The van der Waals surface area contributed by atoms with Crippen LogP contribution in [0.3, 0.4) is 0 Å². The molecule has 5 nitrogen and oxygen atoms in total. The summed E-state index contributed by atoms with van der Waals surface area (Å²) in [5.41, 5.74) is -0.152. The molecule has 0 aliphatic carbocycles. The molecule has 1 aromatic carbocycles. The molecule has 1 saturated heterocycles. The van der Waals surface area contributed by atoms with Crippen molar-refractivity contribution in [2.24, 2.45) is 5.92 Å². The lowest BCUT2D eigenvalue weighted by molar-refractivity contribution is -0.127. The van der Waals surface area contributed by atoms with Gasteiger partial charge in [-0.05, 0) is 51.0 Å². The van der Waals surface area contributed by atoms with E-state index < -0.39 is 17.5 Å². The smallest absolute Gasteiger partial charge is 0.256 e. The van der Waals surface area contributed by atoms with Crippen molar-refractivity contribution in [2.75, 3.05) is 13.1 Å². The molecule has 1 unspecified atom stereocenters. The number of amides is 2. The highest BCUT2D eigenvalue weighted by Gasteiger charge is 2.29. The number of benzene rings is 1. The van der Waals surface area contributed by atoms with Gasteiger partial charge >= 0.3 is 0 Å². The Labute approximate surface area is 156 Å². The summed E-state index contributed by atoms with van der Waals surface area (Å²) in [5.74, 6) is -0.901. The number of nitrogens with one attached hydrogen (secondary N) is 1. The van der Waals surface area contributed by atoms with Crippen LogP contribution >= 0.6 is 0 Å². The third kappa shape index (κ3) is 4.35. The highest BCUT2D eigenvalue weighted by molar-refractivity contribution is 5.94. The van der Waals surface area contributed by atoms with E-state index in [1.807, 2.05) is 26.0 Å². The predicted molar refractivity (Wildman–Crippen MR) is 95.0 cm³/mol. The van der Waals surface area contributed by atoms with Crippen LogP contribution < -0.4 is 5.32 Å². The molecule has 0 radical (unpaired) electrons. The topological polar surface area (TPSA) is 62.6 Å². The maximum Gasteiger partial charge on any atom is 0.256 e. The molecule has 0 saturated carbocycles. The second kappa shape index (κ2) is 7.90. The molecule has 1 atom stereocenters. The Morgan fingerprint density at radius 1 is 1.19 bits per heavy atom. The van der Waals surface area contributed by atoms with E-state index in [0.29, 0.717) is 37.8 Å². The zero-order chi connectivity index (χ0) is 19.6. The van der Waals surface area contributed by atoms with Crippen molar-refractivity contribution in [3.63, 3.8) is 0 Å². The van der Waals surface area contributed by atoms with Crippen LogP contribution in [0.2, 0.25) is 0 Å². The van der Waals surface area contributed by atoms with Gasteiger partial charge in [0.1, 0.15) is 23.2 Å². The Morgan fingerprint density at radius 3 is 2.48 bits per heavy atom. The Balaban J connectivity index is 1.55. The van der Waals surface area contributed by atoms with Gasteiger partial charge in [0.2, 0.25) is 5.91 Å². The van der Waals surface area contributed by atoms with E-state index in [9.17, 15) is 18.4 Å². The van der Waals surface area contributed by atoms with Crippen molar-refractivity contribution >= 4 is 11.8 Å². The first-order valence-corrected chi connectivity index (χ1v) is 8.96. The molecule has 2 heterocycles. The Morgan fingerprint density at radius 2 is 1.89 bits per heavy atom. The van der Waals surface area contributed by atoms with Gasteiger partial charge in [0.25, 0.3) is 5.91 Å². The number of hydrogen-bond donors (Lipinski definition) is 1. The summed E-state index contributed by atoms with van der Waals surface area (Å²) in [5, 5.41) is 2.93. The summed E-state index contributed by atoms with van der Waals surface area (Å²) >= 11 is 0. The van der Waals surface area contributed by atoms with Crippen LogP contribution in [0.25, 0.3) is 0 Å². The minimum atomic E-state index is -0.873. The van der Waals surface area contributed by atoms with Gasteiger partial charge in [-0.15, -0.1) is 0 Å². The first kappa shape index (κ1) is 19.1. The number of carbonyl (C=O) groups excluding carboxylic acids is 2. The minimum absolute atomic E-state index is 0.0865. The number of rotatable bonds is 4. The van der Waals surface area contributed by atoms with Crippen LogP contribution in [0.1, 0.15) is 47.7 Å². The fourth-order valence-corrected chi connectivity index (χ4v) is 3.27. The molecule has 0 spiro atoms. The molecule has 1 aliphatic heterocycles. The first-order valence-electron chi connectivity index (χ1n) is 8.96. The molecule has 1 aromatic heterocycles. The lowest BCUT2D eigenvalue weighted by atomic mass is 9.95. The molecular weight excluding hydrogens is 354 g/mol. The normalized spacial score (nSPS) is 16.2. The standard InChI is InChI=1S/C20H22F2N2O3/c1-12-3-6-18(27-12)13(2)23-19(25)14-7-9-24(10-8-14)20(26)16-5-4-15(21)11-17(16)22/h3-6,11,13-14H,7-10H2,1-2H3,(H,23,25). The molecule has 27 heavy (non-hydrogen) atoms. The number of furan rings is 1. The molecule has 0 bridgehead atoms. The summed E-state index contributed by atoms with van der Waals surface area (Å²) in [6.07, 6.45) is 0.981. The quantitative estimate of drug-likeness (QED) is 0.887. The Hall–Kier alpha value is -2.70. The van der Waals surface area contributed by atoms with Gasteiger partial charge in [-0.25, -0.2) is 8.78 Å². The van der Waals surface area contributed by atoms with Crippen molar-refractivity contribution in [1.29, 1.82) is 0 Å². The Bertz CT molecular complexity index is 842. The van der Waals surface area contributed by atoms with Gasteiger partial charge in [-0.3, -0.25) is 9.59 Å². The third-order valence-electron chi connectivity index (χ3n) is 4.86. The number of halogens is 2. The van der Waals surface area contributed by atoms with E-state index in [4.69, 9.17) is 4.42 Å². The van der Waals surface area contributed by atoms with E-state index in [1.165, 1.54) is 4.90 Å². The largest absolute Gasteiger partial charge is 0.464 e. The summed E-state index contributed by atoms with van der Waals surface area (Å²) < 4.78 is 32.3. The third-order valence-corrected chi connectivity index (χ3v) is 4.86. The van der Waals surface area contributed by atoms with Crippen molar-refractivity contribution < 1.29 is 22.8 Å². The van der Waals surface area contributed by atoms with Gasteiger partial charge in [-0.1, -0.05) is 0 Å². The molecule has 1 N–H and O–H groups in total. The fraction of sp³-hybridized carbons (Fsp3) is 0.400. The molecule has 1 fully saturated rings. The monoisotopic (exact) mass is 376 g/mol. The van der Waals surface area contributed by atoms with Crippen molar-refractivity contribution in [2.45, 2.75) is 32.7 Å². The van der Waals surface area contributed by atoms with Crippen LogP contribution in [0.15, 0.2) is 34.7 Å². The van der Waals surface area contributed by atoms with Gasteiger partial charge < -0.3 is 14.6 Å². The zero-order valence-corrected chi connectivity index (χ0v) is 15.3. The van der Waals surface area contributed by atoms with E-state index >= 15 is 0 Å². The van der Waals surface area contributed by atoms with Crippen LogP contribution in [-0.2, 0) is 4.79 Å². The van der Waals surface area contributed by atoms with Gasteiger partial charge in [0, 0.05) is 25.1 Å². The second-order valence-corrected chi connectivity index (χ2v) is 6.87. The number of carbonyl (C=O) groups is 2. The van der Waals surface area contributed by atoms with Crippen molar-refractivity contribution in [3.8, 4) is 0 Å². The Kier molecular flexibility index (Phi) is 5.58. The number of piperidine rings is 1. The van der Waals surface area contributed by atoms with E-state index in [0.717, 1.165) is 17.9 Å². The zero-order valence-electron chi connectivity index (χ0n) is 15.3. The van der Waals surface area contributed by atoms with Gasteiger partial charge in [0.05, 0.1) is 11.6 Å². The molecular formula is C20H22F2N2O3. The van der Waals surface area contributed by atoms with Crippen LogP contribution in [0.4, 0.5) is 8.78 Å². The molecule has 3 rings (SSSR count). The molecule has 7 heteroatoms. The average Bonchev–Trinajstić information content (AvgIpc) is 3.08. The van der Waals surface area contributed by atoms with Crippen LogP contribution in [0.5, 0.6) is 0 Å². The summed E-state index contributed by atoms with van der Waals surface area (Å²) in [6, 6.07) is 6.35. The first-order chi connectivity index (χ1) is 12.8. The second-order valence-electron chi connectivity index (χ2n) is 6.87. The summed E-state index contributed by atoms with van der Waals surface area (Å²) in [7, 11) is 0. The molecule has 144 valence electrons. The average molecular weight is 376 g/mol. The highest BCUT2D eigenvalue weighted by atomic mass is 19.1. The van der Waals surface area contributed by atoms with Crippen LogP contribution in [-0.4, -0.2) is 29.8 Å².